The lowest BCUT2D eigenvalue weighted by molar-refractivity contribution is 0.0995. The number of nitrogens with one attached hydrogen (secondary N) is 1. The maximum absolute atomic E-state index is 12.2. The van der Waals surface area contributed by atoms with E-state index in [9.17, 15) is 4.79 Å². The molecule has 6 nitrogen and oxygen atoms in total. The second kappa shape index (κ2) is 6.84. The largest absolute Gasteiger partial charge is 0.444 e. The molecular formula is C18H17BrN4O2. The fourth-order valence-electron chi connectivity index (χ4n) is 3.06. The zero-order valence-electron chi connectivity index (χ0n) is 13.5. The van der Waals surface area contributed by atoms with Crippen LogP contribution in [0.15, 0.2) is 45.5 Å². The molecule has 1 aromatic carbocycles. The van der Waals surface area contributed by atoms with Crippen LogP contribution in [0.25, 0.3) is 11.4 Å². The number of benzene rings is 1. The van der Waals surface area contributed by atoms with Crippen molar-refractivity contribution < 1.29 is 9.21 Å². The highest BCUT2D eigenvalue weighted by Gasteiger charge is 2.17. The summed E-state index contributed by atoms with van der Waals surface area (Å²) in [5, 5.41) is 11.6. The standard InChI is InChI=1S/C18H17BrN4O2/c19-15-9-8-14(25-15)18(24)20-13-6-4-5-12(11-13)17-22-21-16-7-2-1-3-10-23(16)17/h4-6,8-9,11H,1-3,7,10H2,(H,20,24). The van der Waals surface area contributed by atoms with Crippen molar-refractivity contribution in [2.45, 2.75) is 32.2 Å². The van der Waals surface area contributed by atoms with Crippen LogP contribution < -0.4 is 5.32 Å². The van der Waals surface area contributed by atoms with Crippen molar-refractivity contribution in [2.75, 3.05) is 5.32 Å². The van der Waals surface area contributed by atoms with Gasteiger partial charge in [-0.25, -0.2) is 0 Å². The Morgan fingerprint density at radius 3 is 2.92 bits per heavy atom. The molecule has 128 valence electrons. The van der Waals surface area contributed by atoms with Gasteiger partial charge in [-0.05, 0) is 53.0 Å². The molecule has 0 fully saturated rings. The van der Waals surface area contributed by atoms with Crippen LogP contribution in [0.2, 0.25) is 0 Å². The van der Waals surface area contributed by atoms with E-state index in [1.54, 1.807) is 12.1 Å². The van der Waals surface area contributed by atoms with Crippen LogP contribution in [-0.2, 0) is 13.0 Å². The summed E-state index contributed by atoms with van der Waals surface area (Å²) in [6.45, 7) is 0.939. The van der Waals surface area contributed by atoms with Gasteiger partial charge in [0.2, 0.25) is 0 Å². The molecule has 0 atom stereocenters. The number of fused-ring (bicyclic) bond motifs is 1. The Morgan fingerprint density at radius 2 is 2.08 bits per heavy atom. The summed E-state index contributed by atoms with van der Waals surface area (Å²) >= 11 is 3.20. The van der Waals surface area contributed by atoms with Crippen molar-refractivity contribution in [1.29, 1.82) is 0 Å². The van der Waals surface area contributed by atoms with Gasteiger partial charge < -0.3 is 14.3 Å². The van der Waals surface area contributed by atoms with Crippen molar-refractivity contribution >= 4 is 27.5 Å². The predicted molar refractivity (Wildman–Crippen MR) is 97.4 cm³/mol. The summed E-state index contributed by atoms with van der Waals surface area (Å²) < 4.78 is 8.00. The van der Waals surface area contributed by atoms with E-state index in [1.807, 2.05) is 24.3 Å². The molecule has 1 aliphatic heterocycles. The molecule has 1 aliphatic rings. The van der Waals surface area contributed by atoms with Gasteiger partial charge in [-0.2, -0.15) is 0 Å². The van der Waals surface area contributed by atoms with E-state index in [4.69, 9.17) is 4.42 Å². The number of nitrogens with zero attached hydrogens (tertiary/aromatic N) is 3. The third-order valence-corrected chi connectivity index (χ3v) is 4.71. The summed E-state index contributed by atoms with van der Waals surface area (Å²) in [6.07, 6.45) is 4.49. The topological polar surface area (TPSA) is 73.0 Å². The summed E-state index contributed by atoms with van der Waals surface area (Å²) in [6, 6.07) is 11.0. The SMILES string of the molecule is O=C(Nc1cccc(-c2nnc3n2CCCCC3)c1)c1ccc(Br)o1. The number of carbonyl (C=O) groups excluding carboxylic acids is 1. The lowest BCUT2D eigenvalue weighted by atomic mass is 10.2. The van der Waals surface area contributed by atoms with Gasteiger partial charge in [0.05, 0.1) is 0 Å². The Bertz CT molecular complexity index is 915. The summed E-state index contributed by atoms with van der Waals surface area (Å²) in [7, 11) is 0. The molecule has 0 spiro atoms. The van der Waals surface area contributed by atoms with Crippen molar-refractivity contribution in [3.8, 4) is 11.4 Å². The molecule has 25 heavy (non-hydrogen) atoms. The molecule has 0 saturated heterocycles. The first-order chi connectivity index (χ1) is 12.2. The lowest BCUT2D eigenvalue weighted by Crippen LogP contribution is -2.11. The van der Waals surface area contributed by atoms with Crippen LogP contribution in [0.4, 0.5) is 5.69 Å². The van der Waals surface area contributed by atoms with Crippen LogP contribution >= 0.6 is 15.9 Å². The Hall–Kier alpha value is -2.41. The first-order valence-corrected chi connectivity index (χ1v) is 9.09. The molecule has 0 unspecified atom stereocenters. The number of anilines is 1. The molecule has 7 heteroatoms. The third-order valence-electron chi connectivity index (χ3n) is 4.29. The molecule has 3 aromatic rings. The van der Waals surface area contributed by atoms with Gasteiger partial charge >= 0.3 is 0 Å². The normalized spacial score (nSPS) is 14.0. The Labute approximate surface area is 153 Å². The van der Waals surface area contributed by atoms with Crippen LogP contribution in [0.5, 0.6) is 0 Å². The lowest BCUT2D eigenvalue weighted by Gasteiger charge is -2.09. The minimum absolute atomic E-state index is 0.258. The Kier molecular flexibility index (Phi) is 4.40. The number of aromatic nitrogens is 3. The molecule has 0 aliphatic carbocycles. The third kappa shape index (κ3) is 3.37. The van der Waals surface area contributed by atoms with Crippen LogP contribution in [0.1, 0.15) is 35.6 Å². The number of halogens is 1. The van der Waals surface area contributed by atoms with E-state index in [1.165, 1.54) is 6.42 Å². The minimum Gasteiger partial charge on any atom is -0.444 e. The number of rotatable bonds is 3. The van der Waals surface area contributed by atoms with Crippen LogP contribution in [0, 0.1) is 0 Å². The van der Waals surface area contributed by atoms with Gasteiger partial charge in [0.1, 0.15) is 5.82 Å². The van der Waals surface area contributed by atoms with Crippen molar-refractivity contribution in [3.05, 3.63) is 52.7 Å². The highest BCUT2D eigenvalue weighted by molar-refractivity contribution is 9.10. The van der Waals surface area contributed by atoms with E-state index >= 15 is 0 Å². The zero-order valence-corrected chi connectivity index (χ0v) is 15.1. The van der Waals surface area contributed by atoms with Gasteiger partial charge in [0.25, 0.3) is 5.91 Å². The van der Waals surface area contributed by atoms with E-state index in [0.717, 1.165) is 43.0 Å². The van der Waals surface area contributed by atoms with E-state index in [-0.39, 0.29) is 11.7 Å². The van der Waals surface area contributed by atoms with Crippen molar-refractivity contribution in [1.82, 2.24) is 14.8 Å². The number of furan rings is 1. The van der Waals surface area contributed by atoms with Gasteiger partial charge in [0, 0.05) is 24.2 Å². The molecule has 3 heterocycles. The number of hydrogen-bond acceptors (Lipinski definition) is 4. The highest BCUT2D eigenvalue weighted by atomic mass is 79.9. The second-order valence-electron chi connectivity index (χ2n) is 6.04. The smallest absolute Gasteiger partial charge is 0.291 e. The van der Waals surface area contributed by atoms with Gasteiger partial charge in [0.15, 0.2) is 16.3 Å². The molecule has 0 bridgehead atoms. The summed E-state index contributed by atoms with van der Waals surface area (Å²) in [4.78, 5) is 12.2. The van der Waals surface area contributed by atoms with E-state index in [0.29, 0.717) is 10.4 Å². The minimum atomic E-state index is -0.289. The number of aryl methyl sites for hydroxylation is 1. The highest BCUT2D eigenvalue weighted by Crippen LogP contribution is 2.25. The average molecular weight is 401 g/mol. The monoisotopic (exact) mass is 400 g/mol. The maximum Gasteiger partial charge on any atom is 0.291 e. The molecule has 0 saturated carbocycles. The average Bonchev–Trinajstić information content (AvgIpc) is 3.15. The Balaban J connectivity index is 1.60. The molecule has 4 rings (SSSR count). The number of carbonyl (C=O) groups is 1. The Morgan fingerprint density at radius 1 is 1.16 bits per heavy atom. The zero-order chi connectivity index (χ0) is 17.2. The molecule has 2 aromatic heterocycles. The summed E-state index contributed by atoms with van der Waals surface area (Å²) in [5.41, 5.74) is 1.64. The fraction of sp³-hybridized carbons (Fsp3) is 0.278. The molecule has 0 radical (unpaired) electrons. The van der Waals surface area contributed by atoms with Gasteiger partial charge in [-0.15, -0.1) is 10.2 Å². The predicted octanol–water partition coefficient (Wildman–Crippen LogP) is 4.28. The quantitative estimate of drug-likeness (QED) is 0.711. The molecule has 1 N–H and O–H groups in total. The molecule has 1 amide bonds. The van der Waals surface area contributed by atoms with Crippen LogP contribution in [-0.4, -0.2) is 20.7 Å². The van der Waals surface area contributed by atoms with E-state index < -0.39 is 0 Å². The first-order valence-electron chi connectivity index (χ1n) is 8.30. The maximum atomic E-state index is 12.2. The van der Waals surface area contributed by atoms with Gasteiger partial charge in [-0.3, -0.25) is 4.79 Å². The number of hydrogen-bond donors (Lipinski definition) is 1. The molecular weight excluding hydrogens is 384 g/mol. The fourth-order valence-corrected chi connectivity index (χ4v) is 3.37. The van der Waals surface area contributed by atoms with Crippen molar-refractivity contribution in [2.24, 2.45) is 0 Å². The van der Waals surface area contributed by atoms with E-state index in [2.05, 4.69) is 36.0 Å². The van der Waals surface area contributed by atoms with Gasteiger partial charge in [-0.1, -0.05) is 18.6 Å². The summed E-state index contributed by atoms with van der Waals surface area (Å²) in [5.74, 6) is 1.87. The second-order valence-corrected chi connectivity index (χ2v) is 6.82. The van der Waals surface area contributed by atoms with Crippen LogP contribution in [0.3, 0.4) is 0 Å². The number of amides is 1. The first kappa shape index (κ1) is 16.1. The van der Waals surface area contributed by atoms with Crippen molar-refractivity contribution in [3.63, 3.8) is 0 Å².